The Bertz CT molecular complexity index is 1920. The van der Waals surface area contributed by atoms with Crippen molar-refractivity contribution in [2.45, 2.75) is 39.8 Å². The lowest BCUT2D eigenvalue weighted by molar-refractivity contribution is -0.384. The van der Waals surface area contributed by atoms with Gasteiger partial charge in [0.1, 0.15) is 28.3 Å². The lowest BCUT2D eigenvalue weighted by Gasteiger charge is -2.26. The molecule has 0 N–H and O–H groups in total. The summed E-state index contributed by atoms with van der Waals surface area (Å²) in [5.41, 5.74) is 1.16. The van der Waals surface area contributed by atoms with Gasteiger partial charge in [0, 0.05) is 23.3 Å². The summed E-state index contributed by atoms with van der Waals surface area (Å²) in [6, 6.07) is 14.1. The number of fused-ring (bicyclic) bond motifs is 1. The van der Waals surface area contributed by atoms with E-state index in [9.17, 15) is 19.7 Å². The van der Waals surface area contributed by atoms with E-state index in [1.54, 1.807) is 44.2 Å². The summed E-state index contributed by atoms with van der Waals surface area (Å²) in [7, 11) is 0. The standard InChI is InChI=1S/C30H26ClN3O7S/c1-5-39-29(36)26-17(4)32-30-33(27(26)20-8-6-7-9-24(20)40-16(2)3)28(35)25(42-30)15-19-11-13-23(41-19)18-10-12-21(31)22(14-18)34(37)38/h6-16,27H,5H2,1-4H3/b25-15-/t27-/m0/s1. The molecule has 12 heteroatoms. The van der Waals surface area contributed by atoms with Gasteiger partial charge in [0.05, 0.1) is 33.4 Å². The van der Waals surface area contributed by atoms with E-state index in [1.165, 1.54) is 16.7 Å². The number of benzene rings is 2. The first-order valence-corrected chi connectivity index (χ1v) is 14.3. The minimum Gasteiger partial charge on any atom is -0.491 e. The molecular formula is C30H26ClN3O7S. The van der Waals surface area contributed by atoms with Gasteiger partial charge in [0.25, 0.3) is 11.2 Å². The van der Waals surface area contributed by atoms with Crippen LogP contribution in [0.3, 0.4) is 0 Å². The van der Waals surface area contributed by atoms with Crippen molar-refractivity contribution in [2.75, 3.05) is 6.61 Å². The van der Waals surface area contributed by atoms with Crippen molar-refractivity contribution >= 4 is 40.7 Å². The first-order chi connectivity index (χ1) is 20.1. The Labute approximate surface area is 248 Å². The molecule has 4 aromatic rings. The average molecular weight is 608 g/mol. The van der Waals surface area contributed by atoms with E-state index in [0.717, 1.165) is 11.3 Å². The molecule has 0 unspecified atom stereocenters. The second kappa shape index (κ2) is 11.8. The molecule has 0 saturated heterocycles. The van der Waals surface area contributed by atoms with Crippen molar-refractivity contribution in [2.24, 2.45) is 4.99 Å². The summed E-state index contributed by atoms with van der Waals surface area (Å²) in [5.74, 6) is 0.697. The maximum Gasteiger partial charge on any atom is 0.338 e. The maximum absolute atomic E-state index is 13.9. The van der Waals surface area contributed by atoms with Gasteiger partial charge in [-0.15, -0.1) is 0 Å². The molecule has 216 valence electrons. The van der Waals surface area contributed by atoms with Crippen LogP contribution in [0, 0.1) is 10.1 Å². The monoisotopic (exact) mass is 607 g/mol. The number of para-hydroxylation sites is 1. The summed E-state index contributed by atoms with van der Waals surface area (Å²) in [5, 5.41) is 11.3. The van der Waals surface area contributed by atoms with Crippen LogP contribution in [0.1, 0.15) is 45.1 Å². The van der Waals surface area contributed by atoms with Crippen LogP contribution in [0.2, 0.25) is 5.02 Å². The van der Waals surface area contributed by atoms with E-state index in [4.69, 9.17) is 25.5 Å². The molecule has 0 bridgehead atoms. The summed E-state index contributed by atoms with van der Waals surface area (Å²) >= 11 is 7.10. The molecule has 3 heterocycles. The van der Waals surface area contributed by atoms with Gasteiger partial charge in [-0.25, -0.2) is 9.79 Å². The van der Waals surface area contributed by atoms with Crippen LogP contribution in [-0.2, 0) is 9.53 Å². The van der Waals surface area contributed by atoms with Crippen molar-refractivity contribution in [3.8, 4) is 17.1 Å². The maximum atomic E-state index is 13.9. The van der Waals surface area contributed by atoms with Crippen LogP contribution in [0.5, 0.6) is 5.75 Å². The molecule has 10 nitrogen and oxygen atoms in total. The summed E-state index contributed by atoms with van der Waals surface area (Å²) in [6.07, 6.45) is 1.43. The van der Waals surface area contributed by atoms with Gasteiger partial charge >= 0.3 is 5.97 Å². The molecule has 0 amide bonds. The van der Waals surface area contributed by atoms with Gasteiger partial charge in [-0.1, -0.05) is 41.1 Å². The molecule has 0 aliphatic carbocycles. The van der Waals surface area contributed by atoms with Gasteiger partial charge in [0.2, 0.25) is 0 Å². The molecule has 2 aromatic carbocycles. The van der Waals surface area contributed by atoms with Crippen LogP contribution in [0.25, 0.3) is 17.4 Å². The summed E-state index contributed by atoms with van der Waals surface area (Å²) in [6.45, 7) is 7.39. The number of ether oxygens (including phenoxy) is 2. The van der Waals surface area contributed by atoms with Gasteiger partial charge < -0.3 is 13.9 Å². The number of nitrogens with zero attached hydrogens (tertiary/aromatic N) is 3. The van der Waals surface area contributed by atoms with Gasteiger partial charge in [-0.05, 0) is 58.0 Å². The van der Waals surface area contributed by atoms with E-state index >= 15 is 0 Å². The van der Waals surface area contributed by atoms with Gasteiger partial charge in [-0.3, -0.25) is 19.5 Å². The first-order valence-electron chi connectivity index (χ1n) is 13.1. The molecule has 42 heavy (non-hydrogen) atoms. The zero-order chi connectivity index (χ0) is 30.1. The van der Waals surface area contributed by atoms with Crippen molar-refractivity contribution in [1.29, 1.82) is 0 Å². The molecule has 5 rings (SSSR count). The lowest BCUT2D eigenvalue weighted by atomic mass is 9.95. The lowest BCUT2D eigenvalue weighted by Crippen LogP contribution is -2.40. The number of carbonyl (C=O) groups excluding carboxylic acids is 1. The smallest absolute Gasteiger partial charge is 0.338 e. The number of thiazole rings is 1. The predicted octanol–water partition coefficient (Wildman–Crippen LogP) is 5.41. The predicted molar refractivity (Wildman–Crippen MR) is 158 cm³/mol. The van der Waals surface area contributed by atoms with Crippen molar-refractivity contribution in [3.63, 3.8) is 0 Å². The van der Waals surface area contributed by atoms with E-state index in [1.807, 2.05) is 32.0 Å². The number of rotatable bonds is 8. The number of furan rings is 1. The van der Waals surface area contributed by atoms with Crippen LogP contribution in [0.4, 0.5) is 5.69 Å². The number of carbonyl (C=O) groups is 1. The Morgan fingerprint density at radius 1 is 1.24 bits per heavy atom. The van der Waals surface area contributed by atoms with Crippen LogP contribution in [-0.4, -0.2) is 28.2 Å². The average Bonchev–Trinajstić information content (AvgIpc) is 3.52. The highest BCUT2D eigenvalue weighted by atomic mass is 35.5. The summed E-state index contributed by atoms with van der Waals surface area (Å²) < 4.78 is 19.2. The first kappa shape index (κ1) is 29.0. The molecule has 0 saturated carbocycles. The number of nitro benzene ring substituents is 1. The van der Waals surface area contributed by atoms with Gasteiger partial charge in [-0.2, -0.15) is 0 Å². The Morgan fingerprint density at radius 2 is 2.00 bits per heavy atom. The fourth-order valence-corrected chi connectivity index (χ4v) is 5.89. The van der Waals surface area contributed by atoms with Crippen molar-refractivity contribution in [1.82, 2.24) is 4.57 Å². The molecule has 0 fully saturated rings. The number of allylic oxidation sites excluding steroid dienone is 1. The van der Waals surface area contributed by atoms with E-state index in [-0.39, 0.29) is 34.6 Å². The molecule has 1 aliphatic heterocycles. The quantitative estimate of drug-likeness (QED) is 0.149. The van der Waals surface area contributed by atoms with Crippen LogP contribution >= 0.6 is 22.9 Å². The molecule has 0 radical (unpaired) electrons. The molecule has 0 spiro atoms. The highest BCUT2D eigenvalue weighted by molar-refractivity contribution is 7.07. The number of halogens is 1. The molecule has 1 atom stereocenters. The molecule has 2 aromatic heterocycles. The normalized spacial score (nSPS) is 15.0. The Hall–Kier alpha value is -4.48. The van der Waals surface area contributed by atoms with E-state index < -0.39 is 16.9 Å². The second-order valence-corrected chi connectivity index (χ2v) is 11.0. The van der Waals surface area contributed by atoms with Gasteiger partial charge in [0.15, 0.2) is 4.80 Å². The van der Waals surface area contributed by atoms with Crippen LogP contribution < -0.4 is 19.6 Å². The minimum atomic E-state index is -0.834. The third kappa shape index (κ3) is 5.53. The van der Waals surface area contributed by atoms with Crippen molar-refractivity contribution < 1.29 is 23.6 Å². The van der Waals surface area contributed by atoms with Crippen molar-refractivity contribution in [3.05, 3.63) is 112 Å². The Kier molecular flexibility index (Phi) is 8.15. The highest BCUT2D eigenvalue weighted by Gasteiger charge is 2.35. The van der Waals surface area contributed by atoms with E-state index in [0.29, 0.717) is 43.4 Å². The SMILES string of the molecule is CCOC(=O)C1=C(C)N=c2s/c(=C\c3ccc(-c4ccc(Cl)c([N+](=O)[O-])c4)o3)c(=O)n2[C@H]1c1ccccc1OC(C)C. The fraction of sp³-hybridized carbons (Fsp3) is 0.233. The molecule has 1 aliphatic rings. The highest BCUT2D eigenvalue weighted by Crippen LogP contribution is 2.36. The fourth-order valence-electron chi connectivity index (χ4n) is 4.67. The topological polar surface area (TPSA) is 126 Å². The minimum absolute atomic E-state index is 0.0176. The number of hydrogen-bond donors (Lipinski definition) is 0. The largest absolute Gasteiger partial charge is 0.491 e. The Morgan fingerprint density at radius 3 is 2.71 bits per heavy atom. The number of hydrogen-bond acceptors (Lipinski definition) is 9. The number of nitro groups is 1. The third-order valence-corrected chi connectivity index (χ3v) is 7.72. The third-order valence-electron chi connectivity index (χ3n) is 6.42. The zero-order valence-corrected chi connectivity index (χ0v) is 24.7. The zero-order valence-electron chi connectivity index (χ0n) is 23.1. The molecular weight excluding hydrogens is 582 g/mol. The van der Waals surface area contributed by atoms with Crippen LogP contribution in [0.15, 0.2) is 80.1 Å². The number of aromatic nitrogens is 1. The Balaban J connectivity index is 1.64. The van der Waals surface area contributed by atoms with E-state index in [2.05, 4.69) is 4.99 Å². The second-order valence-electron chi connectivity index (χ2n) is 9.63. The summed E-state index contributed by atoms with van der Waals surface area (Å²) in [4.78, 5) is 42.9. The number of esters is 1.